The highest BCUT2D eigenvalue weighted by atomic mass is 32.2. The molecule has 0 heterocycles. The lowest BCUT2D eigenvalue weighted by atomic mass is 10.1. The number of nitrogens with one attached hydrogen (secondary N) is 1. The number of sulfonamides is 1. The summed E-state index contributed by atoms with van der Waals surface area (Å²) in [6.45, 7) is 0. The fraction of sp³-hybridized carbons (Fsp3) is 0.235. The van der Waals surface area contributed by atoms with Crippen molar-refractivity contribution in [3.05, 3.63) is 46.9 Å². The molecule has 118 valence electrons. The number of hydrogen-bond donors (Lipinski definition) is 1. The molecule has 23 heavy (non-hydrogen) atoms. The van der Waals surface area contributed by atoms with Crippen LogP contribution in [0, 0.1) is 11.3 Å². The number of rotatable bonds is 5. The van der Waals surface area contributed by atoms with E-state index in [1.165, 1.54) is 6.08 Å². The van der Waals surface area contributed by atoms with Crippen molar-refractivity contribution in [3.8, 4) is 11.8 Å². The number of methoxy groups -OCH3 is 1. The Balaban J connectivity index is 1.96. The van der Waals surface area contributed by atoms with Gasteiger partial charge in [-0.3, -0.25) is 0 Å². The summed E-state index contributed by atoms with van der Waals surface area (Å²) in [5.41, 5.74) is 0.667. The van der Waals surface area contributed by atoms with E-state index < -0.39 is 10.0 Å². The van der Waals surface area contributed by atoms with Crippen molar-refractivity contribution in [3.63, 3.8) is 0 Å². The van der Waals surface area contributed by atoms with Gasteiger partial charge in [-0.25, -0.2) is 13.1 Å². The Morgan fingerprint density at radius 3 is 2.61 bits per heavy atom. The molecule has 0 radical (unpaired) electrons. The highest BCUT2D eigenvalue weighted by molar-refractivity contribution is 7.93. The molecule has 0 aliphatic heterocycles. The van der Waals surface area contributed by atoms with E-state index in [1.807, 2.05) is 30.3 Å². The van der Waals surface area contributed by atoms with Gasteiger partial charge in [-0.15, -0.1) is 0 Å². The molecule has 0 amide bonds. The molecular weight excluding hydrogens is 312 g/mol. The third-order valence-electron chi connectivity index (χ3n) is 3.67. The first-order chi connectivity index (χ1) is 11.0. The predicted molar refractivity (Wildman–Crippen MR) is 89.2 cm³/mol. The van der Waals surface area contributed by atoms with Gasteiger partial charge < -0.3 is 4.74 Å². The van der Waals surface area contributed by atoms with Gasteiger partial charge in [0.2, 0.25) is 0 Å². The van der Waals surface area contributed by atoms with Crippen LogP contribution in [-0.4, -0.2) is 21.6 Å². The molecule has 6 heteroatoms. The van der Waals surface area contributed by atoms with Gasteiger partial charge in [-0.2, -0.15) is 5.26 Å². The summed E-state index contributed by atoms with van der Waals surface area (Å²) in [6.07, 6.45) is 3.06. The summed E-state index contributed by atoms with van der Waals surface area (Å²) in [4.78, 5) is -0.266. The SMILES string of the molecule is COc1ccc2cc(/C=C(/C#N)S(=O)(=O)NC3CC3)ccc2c1. The molecule has 3 rings (SSSR count). The van der Waals surface area contributed by atoms with Crippen LogP contribution in [0.2, 0.25) is 0 Å². The summed E-state index contributed by atoms with van der Waals surface area (Å²) in [7, 11) is -2.13. The van der Waals surface area contributed by atoms with Crippen LogP contribution in [0.3, 0.4) is 0 Å². The standard InChI is InChI=1S/C17H16N2O3S/c1-22-16-7-4-13-8-12(2-3-14(13)10-16)9-17(11-18)23(20,21)19-15-5-6-15/h2-4,7-10,15,19H,5-6H2,1H3/b17-9-. The Bertz CT molecular complexity index is 922. The van der Waals surface area contributed by atoms with Crippen molar-refractivity contribution in [2.45, 2.75) is 18.9 Å². The monoisotopic (exact) mass is 328 g/mol. The first kappa shape index (κ1) is 15.5. The van der Waals surface area contributed by atoms with Gasteiger partial charge in [-0.1, -0.05) is 18.2 Å². The van der Waals surface area contributed by atoms with E-state index in [9.17, 15) is 13.7 Å². The van der Waals surface area contributed by atoms with Gasteiger partial charge in [-0.05, 0) is 53.5 Å². The molecule has 2 aromatic rings. The molecule has 0 aromatic heterocycles. The molecule has 5 nitrogen and oxygen atoms in total. The fourth-order valence-electron chi connectivity index (χ4n) is 2.26. The molecule has 0 atom stereocenters. The fourth-order valence-corrected chi connectivity index (χ4v) is 3.48. The first-order valence-corrected chi connectivity index (χ1v) is 8.72. The lowest BCUT2D eigenvalue weighted by Crippen LogP contribution is -2.26. The van der Waals surface area contributed by atoms with Crippen LogP contribution in [0.5, 0.6) is 5.75 Å². The van der Waals surface area contributed by atoms with E-state index in [4.69, 9.17) is 4.74 Å². The Morgan fingerprint density at radius 2 is 1.96 bits per heavy atom. The van der Waals surface area contributed by atoms with Crippen molar-refractivity contribution in [1.82, 2.24) is 4.72 Å². The molecule has 0 bridgehead atoms. The second kappa shape index (κ2) is 6.03. The molecule has 1 saturated carbocycles. The van der Waals surface area contributed by atoms with E-state index in [0.717, 1.165) is 29.4 Å². The molecule has 2 aromatic carbocycles. The van der Waals surface area contributed by atoms with E-state index in [-0.39, 0.29) is 10.9 Å². The van der Waals surface area contributed by atoms with Crippen LogP contribution in [0.15, 0.2) is 41.3 Å². The molecule has 1 aliphatic carbocycles. The van der Waals surface area contributed by atoms with Crippen LogP contribution in [-0.2, 0) is 10.0 Å². The van der Waals surface area contributed by atoms with E-state index in [0.29, 0.717) is 5.56 Å². The molecule has 1 aliphatic rings. The highest BCUT2D eigenvalue weighted by Crippen LogP contribution is 2.25. The Kier molecular flexibility index (Phi) is 4.07. The minimum atomic E-state index is -3.74. The second-order valence-corrected chi connectivity index (χ2v) is 7.17. The lowest BCUT2D eigenvalue weighted by molar-refractivity contribution is 0.415. The molecular formula is C17H16N2O3S. The summed E-state index contributed by atoms with van der Waals surface area (Å²) < 4.78 is 32.0. The number of nitriles is 1. The topological polar surface area (TPSA) is 79.2 Å². The largest absolute Gasteiger partial charge is 0.497 e. The third kappa shape index (κ3) is 3.52. The molecule has 1 N–H and O–H groups in total. The smallest absolute Gasteiger partial charge is 0.250 e. The number of fused-ring (bicyclic) bond motifs is 1. The number of benzene rings is 2. The minimum Gasteiger partial charge on any atom is -0.497 e. The van der Waals surface area contributed by atoms with Crippen LogP contribution in [0.25, 0.3) is 16.8 Å². The zero-order chi connectivity index (χ0) is 16.4. The maximum atomic E-state index is 12.1. The van der Waals surface area contributed by atoms with E-state index >= 15 is 0 Å². The average Bonchev–Trinajstić information content (AvgIpc) is 3.34. The Morgan fingerprint density at radius 1 is 1.26 bits per heavy atom. The normalized spacial score (nSPS) is 15.4. The van der Waals surface area contributed by atoms with Crippen LogP contribution < -0.4 is 9.46 Å². The van der Waals surface area contributed by atoms with E-state index in [1.54, 1.807) is 19.2 Å². The number of allylic oxidation sites excluding steroid dienone is 1. The molecule has 0 unspecified atom stereocenters. The summed E-state index contributed by atoms with van der Waals surface area (Å²) >= 11 is 0. The predicted octanol–water partition coefficient (Wildman–Crippen LogP) is 2.79. The lowest BCUT2D eigenvalue weighted by Gasteiger charge is -2.05. The van der Waals surface area contributed by atoms with Gasteiger partial charge in [0.25, 0.3) is 10.0 Å². The zero-order valence-corrected chi connectivity index (χ0v) is 13.4. The van der Waals surface area contributed by atoms with Crippen molar-refractivity contribution in [2.24, 2.45) is 0 Å². The van der Waals surface area contributed by atoms with Gasteiger partial charge >= 0.3 is 0 Å². The first-order valence-electron chi connectivity index (χ1n) is 7.24. The number of hydrogen-bond acceptors (Lipinski definition) is 4. The summed E-state index contributed by atoms with van der Waals surface area (Å²) in [5.74, 6) is 0.759. The number of ether oxygens (including phenoxy) is 1. The maximum absolute atomic E-state index is 12.1. The molecule has 0 saturated heterocycles. The Hall–Kier alpha value is -2.36. The van der Waals surface area contributed by atoms with Crippen LogP contribution in [0.4, 0.5) is 0 Å². The second-order valence-electron chi connectivity index (χ2n) is 5.49. The average molecular weight is 328 g/mol. The number of nitrogens with zero attached hydrogens (tertiary/aromatic N) is 1. The van der Waals surface area contributed by atoms with Crippen LogP contribution >= 0.6 is 0 Å². The maximum Gasteiger partial charge on any atom is 0.250 e. The minimum absolute atomic E-state index is 0.0270. The highest BCUT2D eigenvalue weighted by Gasteiger charge is 2.29. The van der Waals surface area contributed by atoms with Gasteiger partial charge in [0.05, 0.1) is 7.11 Å². The van der Waals surface area contributed by atoms with Gasteiger partial charge in [0, 0.05) is 6.04 Å². The van der Waals surface area contributed by atoms with E-state index in [2.05, 4.69) is 4.72 Å². The molecule has 0 spiro atoms. The Labute approximate surface area is 135 Å². The van der Waals surface area contributed by atoms with Crippen molar-refractivity contribution in [1.29, 1.82) is 5.26 Å². The van der Waals surface area contributed by atoms with Crippen molar-refractivity contribution >= 4 is 26.9 Å². The van der Waals surface area contributed by atoms with Crippen molar-refractivity contribution in [2.75, 3.05) is 7.11 Å². The van der Waals surface area contributed by atoms with Gasteiger partial charge in [0.15, 0.2) is 4.91 Å². The third-order valence-corrected chi connectivity index (χ3v) is 5.10. The quantitative estimate of drug-likeness (QED) is 0.856. The molecule has 1 fully saturated rings. The van der Waals surface area contributed by atoms with Crippen molar-refractivity contribution < 1.29 is 13.2 Å². The van der Waals surface area contributed by atoms with Gasteiger partial charge in [0.1, 0.15) is 11.8 Å². The zero-order valence-electron chi connectivity index (χ0n) is 12.6. The summed E-state index contributed by atoms with van der Waals surface area (Å²) in [6, 6.07) is 12.9. The summed E-state index contributed by atoms with van der Waals surface area (Å²) in [5, 5.41) is 11.1. The van der Waals surface area contributed by atoms with Crippen LogP contribution in [0.1, 0.15) is 18.4 Å².